The zero-order chi connectivity index (χ0) is 17.0. The molecule has 0 spiro atoms. The quantitative estimate of drug-likeness (QED) is 0.806. The molecule has 5 nitrogen and oxygen atoms in total. The van der Waals surface area contributed by atoms with E-state index in [0.717, 1.165) is 10.0 Å². The summed E-state index contributed by atoms with van der Waals surface area (Å²) in [5.41, 5.74) is 0.852. The van der Waals surface area contributed by atoms with Crippen LogP contribution in [0.1, 0.15) is 18.5 Å². The van der Waals surface area contributed by atoms with Crippen molar-refractivity contribution in [2.24, 2.45) is 0 Å². The highest BCUT2D eigenvalue weighted by Gasteiger charge is 2.23. The van der Waals surface area contributed by atoms with Crippen LogP contribution in [0.15, 0.2) is 51.8 Å². The van der Waals surface area contributed by atoms with Crippen LogP contribution in [0, 0.1) is 0 Å². The average molecular weight is 400 g/mol. The number of hydrogen-bond acceptors (Lipinski definition) is 4. The van der Waals surface area contributed by atoms with Gasteiger partial charge in [0.2, 0.25) is 10.0 Å². The van der Waals surface area contributed by atoms with E-state index in [-0.39, 0.29) is 10.6 Å². The number of nitrogens with one attached hydrogen (secondary N) is 1. The molecule has 0 aromatic heterocycles. The maximum Gasteiger partial charge on any atom is 0.244 e. The lowest BCUT2D eigenvalue weighted by Crippen LogP contribution is -2.27. The minimum Gasteiger partial charge on any atom is -0.497 e. The van der Waals surface area contributed by atoms with Crippen LogP contribution in [0.4, 0.5) is 0 Å². The van der Waals surface area contributed by atoms with Crippen molar-refractivity contribution in [3.8, 4) is 11.5 Å². The van der Waals surface area contributed by atoms with Gasteiger partial charge in [0.25, 0.3) is 0 Å². The van der Waals surface area contributed by atoms with Gasteiger partial charge in [0.05, 0.1) is 14.2 Å². The lowest BCUT2D eigenvalue weighted by Gasteiger charge is -2.17. The minimum absolute atomic E-state index is 0.0428. The van der Waals surface area contributed by atoms with Crippen molar-refractivity contribution in [3.63, 3.8) is 0 Å². The number of hydrogen-bond donors (Lipinski definition) is 1. The van der Waals surface area contributed by atoms with Gasteiger partial charge in [-0.05, 0) is 36.8 Å². The molecule has 2 rings (SSSR count). The Hall–Kier alpha value is -1.57. The fraction of sp³-hybridized carbons (Fsp3) is 0.250. The first-order chi connectivity index (χ1) is 10.9. The number of methoxy groups -OCH3 is 2. The first kappa shape index (κ1) is 17.8. The second kappa shape index (κ2) is 7.33. The van der Waals surface area contributed by atoms with E-state index in [9.17, 15) is 8.42 Å². The molecular weight excluding hydrogens is 382 g/mol. The van der Waals surface area contributed by atoms with Crippen LogP contribution >= 0.6 is 15.9 Å². The summed E-state index contributed by atoms with van der Waals surface area (Å²) in [7, 11) is -0.855. The van der Waals surface area contributed by atoms with Crippen molar-refractivity contribution in [2.75, 3.05) is 14.2 Å². The van der Waals surface area contributed by atoms with E-state index < -0.39 is 16.1 Å². The van der Waals surface area contributed by atoms with E-state index in [1.54, 1.807) is 19.1 Å². The summed E-state index contributed by atoms with van der Waals surface area (Å²) in [6.45, 7) is 1.78. The summed E-state index contributed by atoms with van der Waals surface area (Å²) < 4.78 is 39.2. The molecule has 0 saturated heterocycles. The van der Waals surface area contributed by atoms with E-state index >= 15 is 0 Å². The molecule has 1 atom stereocenters. The zero-order valence-electron chi connectivity index (χ0n) is 13.0. The molecule has 0 bridgehead atoms. The molecule has 1 N–H and O–H groups in total. The van der Waals surface area contributed by atoms with Crippen molar-refractivity contribution in [3.05, 3.63) is 52.5 Å². The van der Waals surface area contributed by atoms with Crippen molar-refractivity contribution in [1.29, 1.82) is 0 Å². The average Bonchev–Trinajstić information content (AvgIpc) is 2.53. The molecule has 0 aliphatic rings. The summed E-state index contributed by atoms with van der Waals surface area (Å²) in [5, 5.41) is 0. The molecule has 7 heteroatoms. The van der Waals surface area contributed by atoms with Crippen molar-refractivity contribution in [1.82, 2.24) is 4.72 Å². The Morgan fingerprint density at radius 1 is 1.09 bits per heavy atom. The van der Waals surface area contributed by atoms with Gasteiger partial charge in [-0.2, -0.15) is 0 Å². The molecule has 0 aliphatic heterocycles. The van der Waals surface area contributed by atoms with E-state index in [4.69, 9.17) is 9.47 Å². The van der Waals surface area contributed by atoms with Crippen LogP contribution in [0.5, 0.6) is 11.5 Å². The minimum atomic E-state index is -3.77. The standard InChI is InChI=1S/C16H18BrNO4S/c1-11(12-5-4-6-13(17)9-12)18-23(19,20)16-10-14(21-2)7-8-15(16)22-3/h4-11,18H,1-3H3/t11-/m1/s1. The lowest BCUT2D eigenvalue weighted by atomic mass is 10.1. The number of sulfonamides is 1. The fourth-order valence-corrected chi connectivity index (χ4v) is 3.97. The van der Waals surface area contributed by atoms with E-state index in [1.807, 2.05) is 24.3 Å². The highest BCUT2D eigenvalue weighted by Crippen LogP contribution is 2.29. The van der Waals surface area contributed by atoms with Gasteiger partial charge in [-0.3, -0.25) is 0 Å². The van der Waals surface area contributed by atoms with Crippen LogP contribution in [0.25, 0.3) is 0 Å². The molecular formula is C16H18BrNO4S. The van der Waals surface area contributed by atoms with Gasteiger partial charge in [0, 0.05) is 16.6 Å². The first-order valence-corrected chi connectivity index (χ1v) is 9.15. The Balaban J connectivity index is 2.35. The maximum atomic E-state index is 12.7. The van der Waals surface area contributed by atoms with Crippen LogP contribution < -0.4 is 14.2 Å². The molecule has 0 saturated carbocycles. The summed E-state index contributed by atoms with van der Waals surface area (Å²) in [5.74, 6) is 0.709. The highest BCUT2D eigenvalue weighted by atomic mass is 79.9. The van der Waals surface area contributed by atoms with Gasteiger partial charge in [-0.15, -0.1) is 0 Å². The molecule has 2 aromatic rings. The Kier molecular flexibility index (Phi) is 5.67. The second-order valence-corrected chi connectivity index (χ2v) is 7.51. The lowest BCUT2D eigenvalue weighted by molar-refractivity contribution is 0.391. The molecule has 0 radical (unpaired) electrons. The molecule has 0 unspecified atom stereocenters. The third-order valence-corrected chi connectivity index (χ3v) is 5.40. The van der Waals surface area contributed by atoms with Gasteiger partial charge in [-0.1, -0.05) is 28.1 Å². The summed E-state index contributed by atoms with van der Waals surface area (Å²) in [4.78, 5) is 0.0428. The summed E-state index contributed by atoms with van der Waals surface area (Å²) >= 11 is 3.38. The van der Waals surface area contributed by atoms with Crippen molar-refractivity contribution >= 4 is 26.0 Å². The topological polar surface area (TPSA) is 64.6 Å². The monoisotopic (exact) mass is 399 g/mol. The number of halogens is 1. The van der Waals surface area contributed by atoms with Gasteiger partial charge >= 0.3 is 0 Å². The van der Waals surface area contributed by atoms with Crippen LogP contribution in [0.3, 0.4) is 0 Å². The van der Waals surface area contributed by atoms with Crippen LogP contribution in [0.2, 0.25) is 0 Å². The third-order valence-electron chi connectivity index (χ3n) is 3.34. The van der Waals surface area contributed by atoms with E-state index in [0.29, 0.717) is 5.75 Å². The van der Waals surface area contributed by atoms with Gasteiger partial charge in [0.15, 0.2) is 0 Å². The smallest absolute Gasteiger partial charge is 0.244 e. The van der Waals surface area contributed by atoms with E-state index in [1.165, 1.54) is 20.3 Å². The summed E-state index contributed by atoms with van der Waals surface area (Å²) in [6.07, 6.45) is 0. The summed E-state index contributed by atoms with van der Waals surface area (Å²) in [6, 6.07) is 11.7. The maximum absolute atomic E-state index is 12.7. The molecule has 0 aliphatic carbocycles. The predicted molar refractivity (Wildman–Crippen MR) is 92.4 cm³/mol. The highest BCUT2D eigenvalue weighted by molar-refractivity contribution is 9.10. The molecule has 0 heterocycles. The SMILES string of the molecule is COc1ccc(OC)c(S(=O)(=O)N[C@H](C)c2cccc(Br)c2)c1. The molecule has 2 aromatic carbocycles. The Morgan fingerprint density at radius 3 is 2.43 bits per heavy atom. The first-order valence-electron chi connectivity index (χ1n) is 6.87. The molecule has 124 valence electrons. The second-order valence-electron chi connectivity index (χ2n) is 4.91. The number of benzene rings is 2. The normalized spacial score (nSPS) is 12.7. The predicted octanol–water partition coefficient (Wildman–Crippen LogP) is 3.51. The van der Waals surface area contributed by atoms with Crippen molar-refractivity contribution < 1.29 is 17.9 Å². The van der Waals surface area contributed by atoms with Gasteiger partial charge in [0.1, 0.15) is 16.4 Å². The largest absolute Gasteiger partial charge is 0.497 e. The molecule has 23 heavy (non-hydrogen) atoms. The third kappa shape index (κ3) is 4.25. The van der Waals surface area contributed by atoms with E-state index in [2.05, 4.69) is 20.7 Å². The van der Waals surface area contributed by atoms with Crippen LogP contribution in [-0.4, -0.2) is 22.6 Å². The Bertz CT molecular complexity index is 792. The van der Waals surface area contributed by atoms with Gasteiger partial charge in [-0.25, -0.2) is 13.1 Å². The Morgan fingerprint density at radius 2 is 1.83 bits per heavy atom. The van der Waals surface area contributed by atoms with Gasteiger partial charge < -0.3 is 9.47 Å². The Labute approximate surface area is 144 Å². The number of rotatable bonds is 6. The van der Waals surface area contributed by atoms with Crippen LogP contribution in [-0.2, 0) is 10.0 Å². The molecule has 0 fully saturated rings. The molecule has 0 amide bonds. The fourth-order valence-electron chi connectivity index (χ4n) is 2.13. The zero-order valence-corrected chi connectivity index (χ0v) is 15.4. The van der Waals surface area contributed by atoms with Crippen molar-refractivity contribution in [2.45, 2.75) is 17.9 Å². The number of ether oxygens (including phenoxy) is 2.